The van der Waals surface area contributed by atoms with Crippen LogP contribution in [0, 0.1) is 17.0 Å². The first-order chi connectivity index (χ1) is 9.90. The summed E-state index contributed by atoms with van der Waals surface area (Å²) in [5.74, 6) is 0.102. The average Bonchev–Trinajstić information content (AvgIpc) is 2.77. The second-order valence-corrected chi connectivity index (χ2v) is 5.80. The van der Waals surface area contributed by atoms with Crippen molar-refractivity contribution in [2.24, 2.45) is 0 Å². The zero-order valence-corrected chi connectivity index (χ0v) is 12.8. The van der Waals surface area contributed by atoms with Crippen molar-refractivity contribution in [2.45, 2.75) is 65.1 Å². The monoisotopic (exact) mass is 294 g/mol. The molecular formula is C14H22N4O3. The Hall–Kier alpha value is -1.92. The fraction of sp³-hybridized carbons (Fsp3) is 0.714. The predicted molar refractivity (Wildman–Crippen MR) is 77.9 cm³/mol. The van der Waals surface area contributed by atoms with Gasteiger partial charge in [0.25, 0.3) is 0 Å². The molecule has 1 aromatic heterocycles. The lowest BCUT2D eigenvalue weighted by Gasteiger charge is -2.39. The summed E-state index contributed by atoms with van der Waals surface area (Å²) in [7, 11) is 0. The zero-order valence-electron chi connectivity index (χ0n) is 12.8. The number of nitro groups is 1. The standard InChI is InChI=1S/C14H22N4O3/c1-10-5-4-6-11(2)17(10)14(19)7-8-16-9-13(18(20)21)12(3)15-16/h9-11H,4-8H2,1-3H3/t10-,11+. The molecule has 1 fully saturated rings. The van der Waals surface area contributed by atoms with E-state index in [2.05, 4.69) is 18.9 Å². The second kappa shape index (κ2) is 6.24. The number of aryl methyl sites for hydroxylation is 2. The molecule has 1 aliphatic heterocycles. The Morgan fingerprint density at radius 2 is 2.05 bits per heavy atom. The van der Waals surface area contributed by atoms with E-state index in [4.69, 9.17) is 0 Å². The molecule has 2 atom stereocenters. The lowest BCUT2D eigenvalue weighted by atomic mass is 9.97. The number of hydrogen-bond donors (Lipinski definition) is 0. The molecular weight excluding hydrogens is 272 g/mol. The largest absolute Gasteiger partial charge is 0.337 e. The fourth-order valence-electron chi connectivity index (χ4n) is 3.05. The molecule has 0 spiro atoms. The Morgan fingerprint density at radius 1 is 1.43 bits per heavy atom. The molecule has 1 amide bonds. The number of rotatable bonds is 4. The predicted octanol–water partition coefficient (Wildman–Crippen LogP) is 2.28. The molecule has 2 heterocycles. The summed E-state index contributed by atoms with van der Waals surface area (Å²) in [5.41, 5.74) is 0.384. The Bertz CT molecular complexity index is 530. The maximum atomic E-state index is 12.4. The van der Waals surface area contributed by atoms with E-state index in [-0.39, 0.29) is 23.7 Å². The summed E-state index contributed by atoms with van der Waals surface area (Å²) in [6, 6.07) is 0.546. The highest BCUT2D eigenvalue weighted by molar-refractivity contribution is 5.76. The SMILES string of the molecule is Cc1nn(CCC(=O)N2[C@H](C)CCC[C@@H]2C)cc1[N+](=O)[O-]. The summed E-state index contributed by atoms with van der Waals surface area (Å²) in [6.45, 7) is 6.14. The molecule has 7 heteroatoms. The molecule has 21 heavy (non-hydrogen) atoms. The van der Waals surface area contributed by atoms with E-state index in [0.29, 0.717) is 18.7 Å². The summed E-state index contributed by atoms with van der Waals surface area (Å²) >= 11 is 0. The van der Waals surface area contributed by atoms with Crippen molar-refractivity contribution in [1.82, 2.24) is 14.7 Å². The van der Waals surface area contributed by atoms with Crippen molar-refractivity contribution >= 4 is 11.6 Å². The quantitative estimate of drug-likeness (QED) is 0.630. The van der Waals surface area contributed by atoms with E-state index >= 15 is 0 Å². The van der Waals surface area contributed by atoms with E-state index in [1.807, 2.05) is 4.90 Å². The first-order valence-electron chi connectivity index (χ1n) is 7.39. The van der Waals surface area contributed by atoms with Crippen LogP contribution in [0.25, 0.3) is 0 Å². The van der Waals surface area contributed by atoms with Gasteiger partial charge in [-0.15, -0.1) is 0 Å². The van der Waals surface area contributed by atoms with Crippen molar-refractivity contribution in [1.29, 1.82) is 0 Å². The Morgan fingerprint density at radius 3 is 2.57 bits per heavy atom. The van der Waals surface area contributed by atoms with Crippen LogP contribution in [0.1, 0.15) is 45.2 Å². The van der Waals surface area contributed by atoms with E-state index in [1.165, 1.54) is 10.9 Å². The van der Waals surface area contributed by atoms with Gasteiger partial charge in [-0.25, -0.2) is 0 Å². The van der Waals surface area contributed by atoms with Gasteiger partial charge in [-0.3, -0.25) is 19.6 Å². The molecule has 0 unspecified atom stereocenters. The van der Waals surface area contributed by atoms with Crippen LogP contribution in [0.4, 0.5) is 5.69 Å². The minimum atomic E-state index is -0.449. The first-order valence-corrected chi connectivity index (χ1v) is 7.39. The molecule has 1 aliphatic rings. The van der Waals surface area contributed by atoms with E-state index in [9.17, 15) is 14.9 Å². The molecule has 1 aromatic rings. The Kier molecular flexibility index (Phi) is 4.59. The van der Waals surface area contributed by atoms with Crippen LogP contribution < -0.4 is 0 Å². The maximum absolute atomic E-state index is 12.4. The number of likely N-dealkylation sites (tertiary alicyclic amines) is 1. The highest BCUT2D eigenvalue weighted by Crippen LogP contribution is 2.23. The maximum Gasteiger partial charge on any atom is 0.309 e. The highest BCUT2D eigenvalue weighted by atomic mass is 16.6. The van der Waals surface area contributed by atoms with Crippen LogP contribution in [-0.2, 0) is 11.3 Å². The van der Waals surface area contributed by atoms with Gasteiger partial charge in [0.05, 0.1) is 4.92 Å². The number of piperidine rings is 1. The topological polar surface area (TPSA) is 81.3 Å². The third-order valence-corrected chi connectivity index (χ3v) is 4.15. The molecule has 2 rings (SSSR count). The normalized spacial score (nSPS) is 22.3. The summed E-state index contributed by atoms with van der Waals surface area (Å²) in [5, 5.41) is 14.9. The molecule has 7 nitrogen and oxygen atoms in total. The average molecular weight is 294 g/mol. The molecule has 1 saturated heterocycles. The van der Waals surface area contributed by atoms with Crippen LogP contribution in [0.2, 0.25) is 0 Å². The third-order valence-electron chi connectivity index (χ3n) is 4.15. The Balaban J connectivity index is 1.97. The first kappa shape index (κ1) is 15.5. The van der Waals surface area contributed by atoms with E-state index < -0.39 is 4.92 Å². The number of amides is 1. The molecule has 0 bridgehead atoms. The third kappa shape index (κ3) is 3.40. The van der Waals surface area contributed by atoms with Gasteiger partial charge in [-0.05, 0) is 40.0 Å². The van der Waals surface area contributed by atoms with Gasteiger partial charge in [0.1, 0.15) is 11.9 Å². The van der Waals surface area contributed by atoms with Crippen LogP contribution in [-0.4, -0.2) is 37.6 Å². The van der Waals surface area contributed by atoms with E-state index in [1.54, 1.807) is 6.92 Å². The summed E-state index contributed by atoms with van der Waals surface area (Å²) in [6.07, 6.45) is 4.97. The van der Waals surface area contributed by atoms with Gasteiger partial charge < -0.3 is 4.90 Å². The molecule has 0 saturated carbocycles. The van der Waals surface area contributed by atoms with Crippen molar-refractivity contribution in [3.05, 3.63) is 22.0 Å². The minimum Gasteiger partial charge on any atom is -0.337 e. The molecule has 0 aromatic carbocycles. The molecule has 116 valence electrons. The van der Waals surface area contributed by atoms with Gasteiger partial charge in [0.2, 0.25) is 5.91 Å². The number of nitrogens with zero attached hydrogens (tertiary/aromatic N) is 4. The molecule has 0 N–H and O–H groups in total. The van der Waals surface area contributed by atoms with E-state index in [0.717, 1.165) is 19.3 Å². The van der Waals surface area contributed by atoms with Gasteiger partial charge in [-0.1, -0.05) is 0 Å². The second-order valence-electron chi connectivity index (χ2n) is 5.80. The van der Waals surface area contributed by atoms with Gasteiger partial charge in [-0.2, -0.15) is 5.10 Å². The lowest BCUT2D eigenvalue weighted by Crippen LogP contribution is -2.47. The number of aromatic nitrogens is 2. The number of carbonyl (C=O) groups excluding carboxylic acids is 1. The van der Waals surface area contributed by atoms with Crippen molar-refractivity contribution in [3.8, 4) is 0 Å². The van der Waals surface area contributed by atoms with Gasteiger partial charge in [0.15, 0.2) is 0 Å². The minimum absolute atomic E-state index is 0.00200. The Labute approximate surface area is 124 Å². The van der Waals surface area contributed by atoms with Crippen LogP contribution in [0.3, 0.4) is 0 Å². The summed E-state index contributed by atoms with van der Waals surface area (Å²) in [4.78, 5) is 24.7. The number of carbonyl (C=O) groups is 1. The zero-order chi connectivity index (χ0) is 15.6. The molecule has 0 aliphatic carbocycles. The van der Waals surface area contributed by atoms with Crippen LogP contribution in [0.5, 0.6) is 0 Å². The van der Waals surface area contributed by atoms with Gasteiger partial charge >= 0.3 is 5.69 Å². The van der Waals surface area contributed by atoms with Gasteiger partial charge in [0, 0.05) is 25.0 Å². The molecule has 0 radical (unpaired) electrons. The van der Waals surface area contributed by atoms with Crippen LogP contribution in [0.15, 0.2) is 6.20 Å². The van der Waals surface area contributed by atoms with Crippen LogP contribution >= 0.6 is 0 Å². The smallest absolute Gasteiger partial charge is 0.309 e. The number of hydrogen-bond acceptors (Lipinski definition) is 4. The van der Waals surface area contributed by atoms with Crippen molar-refractivity contribution in [3.63, 3.8) is 0 Å². The lowest BCUT2D eigenvalue weighted by molar-refractivity contribution is -0.385. The van der Waals surface area contributed by atoms with Crippen molar-refractivity contribution < 1.29 is 9.72 Å². The summed E-state index contributed by atoms with van der Waals surface area (Å²) < 4.78 is 1.49. The van der Waals surface area contributed by atoms with Crippen molar-refractivity contribution in [2.75, 3.05) is 0 Å². The highest BCUT2D eigenvalue weighted by Gasteiger charge is 2.28. The fourth-order valence-corrected chi connectivity index (χ4v) is 3.05.